The molecule has 186 valence electrons. The molecule has 5 rings (SSSR count). The Morgan fingerprint density at radius 3 is 2.34 bits per heavy atom. The van der Waals surface area contributed by atoms with E-state index in [0.717, 1.165) is 51.3 Å². The number of hydrogen-bond acceptors (Lipinski definition) is 7. The second kappa shape index (κ2) is 11.0. The fourth-order valence-electron chi connectivity index (χ4n) is 4.84. The number of sulfonamides is 1. The summed E-state index contributed by atoms with van der Waals surface area (Å²) in [7, 11) is -3.55. The first-order chi connectivity index (χ1) is 17.1. The molecule has 2 saturated heterocycles. The van der Waals surface area contributed by atoms with Crippen LogP contribution in [0.25, 0.3) is 22.8 Å². The summed E-state index contributed by atoms with van der Waals surface area (Å²) in [6, 6.07) is 14.8. The Morgan fingerprint density at radius 2 is 1.60 bits per heavy atom. The molecular formula is C26H33N5O3S. The lowest BCUT2D eigenvalue weighted by molar-refractivity contribution is 0.331. The Bertz CT molecular complexity index is 1210. The molecule has 0 spiro atoms. The average Bonchev–Trinajstić information content (AvgIpc) is 3.66. The minimum absolute atomic E-state index is 0.233. The molecule has 0 aliphatic carbocycles. The van der Waals surface area contributed by atoms with Crippen molar-refractivity contribution in [3.8, 4) is 22.8 Å². The van der Waals surface area contributed by atoms with Gasteiger partial charge in [-0.05, 0) is 101 Å². The van der Waals surface area contributed by atoms with Crippen molar-refractivity contribution >= 4 is 10.0 Å². The first kappa shape index (κ1) is 24.1. The van der Waals surface area contributed by atoms with E-state index in [-0.39, 0.29) is 4.90 Å². The lowest BCUT2D eigenvalue weighted by Crippen LogP contribution is -2.28. The van der Waals surface area contributed by atoms with Crippen molar-refractivity contribution in [2.24, 2.45) is 0 Å². The molecule has 3 heterocycles. The van der Waals surface area contributed by atoms with Crippen molar-refractivity contribution in [1.82, 2.24) is 24.7 Å². The number of hydrogen-bond donors (Lipinski definition) is 1. The van der Waals surface area contributed by atoms with Gasteiger partial charge in [-0.3, -0.25) is 4.90 Å². The third-order valence-electron chi connectivity index (χ3n) is 6.77. The summed E-state index contributed by atoms with van der Waals surface area (Å²) in [6.45, 7) is 6.84. The molecule has 0 amide bonds. The van der Waals surface area contributed by atoms with Gasteiger partial charge in [0.05, 0.1) is 4.90 Å². The molecule has 2 fully saturated rings. The second-order valence-electron chi connectivity index (χ2n) is 9.43. The quantitative estimate of drug-likeness (QED) is 0.428. The van der Waals surface area contributed by atoms with E-state index in [1.807, 2.05) is 12.1 Å². The Kier molecular flexibility index (Phi) is 7.57. The molecule has 35 heavy (non-hydrogen) atoms. The van der Waals surface area contributed by atoms with Gasteiger partial charge in [0.1, 0.15) is 0 Å². The van der Waals surface area contributed by atoms with Crippen LogP contribution in [0.5, 0.6) is 0 Å². The van der Waals surface area contributed by atoms with Gasteiger partial charge >= 0.3 is 0 Å². The van der Waals surface area contributed by atoms with E-state index in [0.29, 0.717) is 23.8 Å². The topological polar surface area (TPSA) is 91.6 Å². The van der Waals surface area contributed by atoms with E-state index in [1.54, 1.807) is 24.3 Å². The first-order valence-corrected chi connectivity index (χ1v) is 14.0. The standard InChI is InChI=1S/C26H33N5O3S/c32-35(33,27-13-6-18-30-14-1-2-15-30)24-11-9-22(10-12-24)26-28-25(29-34-26)23-8-5-7-21(19-23)20-31-16-3-4-17-31/h5,7-12,19,27H,1-4,6,13-18,20H2. The summed E-state index contributed by atoms with van der Waals surface area (Å²) < 4.78 is 33.5. The van der Waals surface area contributed by atoms with Gasteiger partial charge in [-0.15, -0.1) is 0 Å². The number of nitrogens with zero attached hydrogens (tertiary/aromatic N) is 4. The highest BCUT2D eigenvalue weighted by atomic mass is 32.2. The van der Waals surface area contributed by atoms with E-state index < -0.39 is 10.0 Å². The minimum atomic E-state index is -3.55. The molecule has 2 aliphatic heterocycles. The number of rotatable bonds is 10. The number of benzene rings is 2. The Balaban J connectivity index is 1.20. The molecule has 8 nitrogen and oxygen atoms in total. The van der Waals surface area contributed by atoms with Crippen LogP contribution in [0.3, 0.4) is 0 Å². The zero-order chi connectivity index (χ0) is 24.1. The maximum atomic E-state index is 12.6. The lowest BCUT2D eigenvalue weighted by atomic mass is 10.1. The fourth-order valence-corrected chi connectivity index (χ4v) is 5.92. The Morgan fingerprint density at radius 1 is 0.886 bits per heavy atom. The van der Waals surface area contributed by atoms with Crippen LogP contribution in [0.4, 0.5) is 0 Å². The normalized spacial score (nSPS) is 17.4. The smallest absolute Gasteiger partial charge is 0.258 e. The zero-order valence-corrected chi connectivity index (χ0v) is 20.8. The number of nitrogens with one attached hydrogen (secondary N) is 1. The molecule has 0 unspecified atom stereocenters. The summed E-state index contributed by atoms with van der Waals surface area (Å²) in [5.41, 5.74) is 2.83. The molecule has 9 heteroatoms. The fraction of sp³-hybridized carbons (Fsp3) is 0.462. The maximum absolute atomic E-state index is 12.6. The van der Waals surface area contributed by atoms with Crippen molar-refractivity contribution in [3.63, 3.8) is 0 Å². The summed E-state index contributed by atoms with van der Waals surface area (Å²) in [5, 5.41) is 4.16. The molecule has 0 atom stereocenters. The molecular weight excluding hydrogens is 462 g/mol. The van der Waals surface area contributed by atoms with E-state index in [9.17, 15) is 8.42 Å². The monoisotopic (exact) mass is 495 g/mol. The summed E-state index contributed by atoms with van der Waals surface area (Å²) in [5.74, 6) is 0.895. The van der Waals surface area contributed by atoms with Crippen molar-refractivity contribution < 1.29 is 12.9 Å². The van der Waals surface area contributed by atoms with Gasteiger partial charge in [0.25, 0.3) is 5.89 Å². The zero-order valence-electron chi connectivity index (χ0n) is 20.0. The number of aromatic nitrogens is 2. The highest BCUT2D eigenvalue weighted by molar-refractivity contribution is 7.89. The molecule has 1 aromatic heterocycles. The van der Waals surface area contributed by atoms with E-state index in [4.69, 9.17) is 4.52 Å². The average molecular weight is 496 g/mol. The molecule has 0 radical (unpaired) electrons. The maximum Gasteiger partial charge on any atom is 0.258 e. The van der Waals surface area contributed by atoms with Gasteiger partial charge in [-0.25, -0.2) is 13.1 Å². The minimum Gasteiger partial charge on any atom is -0.334 e. The van der Waals surface area contributed by atoms with Gasteiger partial charge in [0.15, 0.2) is 0 Å². The molecule has 2 aromatic carbocycles. The van der Waals surface area contributed by atoms with E-state index >= 15 is 0 Å². The summed E-state index contributed by atoms with van der Waals surface area (Å²) in [6.07, 6.45) is 5.82. The molecule has 2 aliphatic rings. The third-order valence-corrected chi connectivity index (χ3v) is 8.25. The van der Waals surface area contributed by atoms with Crippen molar-refractivity contribution in [2.75, 3.05) is 39.3 Å². The van der Waals surface area contributed by atoms with Crippen molar-refractivity contribution in [3.05, 3.63) is 54.1 Å². The van der Waals surface area contributed by atoms with Crippen LogP contribution in [0.2, 0.25) is 0 Å². The van der Waals surface area contributed by atoms with E-state index in [1.165, 1.54) is 31.2 Å². The van der Waals surface area contributed by atoms with E-state index in [2.05, 4.69) is 36.8 Å². The molecule has 0 bridgehead atoms. The summed E-state index contributed by atoms with van der Waals surface area (Å²) in [4.78, 5) is 9.62. The second-order valence-corrected chi connectivity index (χ2v) is 11.2. The van der Waals surface area contributed by atoms with Crippen LogP contribution >= 0.6 is 0 Å². The predicted molar refractivity (Wildman–Crippen MR) is 135 cm³/mol. The highest BCUT2D eigenvalue weighted by Crippen LogP contribution is 2.25. The van der Waals surface area contributed by atoms with Crippen molar-refractivity contribution in [2.45, 2.75) is 43.5 Å². The highest BCUT2D eigenvalue weighted by Gasteiger charge is 2.17. The predicted octanol–water partition coefficient (Wildman–Crippen LogP) is 3.76. The van der Waals surface area contributed by atoms with Gasteiger partial charge in [-0.1, -0.05) is 23.4 Å². The first-order valence-electron chi connectivity index (χ1n) is 12.5. The Hall–Kier alpha value is -2.59. The SMILES string of the molecule is O=S(=O)(NCCCN1CCCC1)c1ccc(-c2nc(-c3cccc(CN4CCCC4)c3)no2)cc1. The lowest BCUT2D eigenvalue weighted by Gasteiger charge is -2.14. The van der Waals surface area contributed by atoms with Gasteiger partial charge in [0, 0.05) is 24.2 Å². The largest absolute Gasteiger partial charge is 0.334 e. The van der Waals surface area contributed by atoms with Crippen molar-refractivity contribution in [1.29, 1.82) is 0 Å². The van der Waals surface area contributed by atoms with Gasteiger partial charge < -0.3 is 9.42 Å². The molecule has 3 aromatic rings. The van der Waals surface area contributed by atoms with Crippen LogP contribution in [-0.4, -0.2) is 67.6 Å². The van der Waals surface area contributed by atoms with Crippen LogP contribution in [0.1, 0.15) is 37.7 Å². The van der Waals surface area contributed by atoms with Crippen LogP contribution in [0.15, 0.2) is 57.9 Å². The van der Waals surface area contributed by atoms with Crippen LogP contribution < -0.4 is 4.72 Å². The Labute approximate surface area is 207 Å². The third kappa shape index (κ3) is 6.16. The number of likely N-dealkylation sites (tertiary alicyclic amines) is 2. The van der Waals surface area contributed by atoms with Crippen LogP contribution in [0, 0.1) is 0 Å². The molecule has 1 N–H and O–H groups in total. The summed E-state index contributed by atoms with van der Waals surface area (Å²) >= 11 is 0. The van der Waals surface area contributed by atoms with Gasteiger partial charge in [0.2, 0.25) is 15.8 Å². The van der Waals surface area contributed by atoms with Gasteiger partial charge in [-0.2, -0.15) is 4.98 Å². The van der Waals surface area contributed by atoms with Crippen LogP contribution in [-0.2, 0) is 16.6 Å². The molecule has 0 saturated carbocycles.